The molecule has 0 aliphatic carbocycles. The number of hydrogen-bond donors (Lipinski definition) is 0. The molecular weight excluding hydrogens is 222 g/mol. The number of nitro groups is 1. The zero-order chi connectivity index (χ0) is 12.2. The molecule has 0 aliphatic rings. The third kappa shape index (κ3) is 8.77. The minimum atomic E-state index is -0.247. The van der Waals surface area contributed by atoms with Gasteiger partial charge in [0, 0.05) is 11.8 Å². The van der Waals surface area contributed by atoms with Gasteiger partial charge in [0.1, 0.15) is 0 Å². The first kappa shape index (κ1) is 15.5. The van der Waals surface area contributed by atoms with E-state index >= 15 is 0 Å². The van der Waals surface area contributed by atoms with Gasteiger partial charge in [-0.2, -0.15) is 0 Å². The minimum Gasteiger partial charge on any atom is -0.258 e. The maximum absolute atomic E-state index is 10.7. The van der Waals surface area contributed by atoms with Crippen LogP contribution in [0.4, 0.5) is 0 Å². The van der Waals surface area contributed by atoms with E-state index in [0.29, 0.717) is 5.03 Å². The van der Waals surface area contributed by atoms with Crippen LogP contribution in [-0.2, 0) is 0 Å². The minimum absolute atomic E-state index is 0.247. The van der Waals surface area contributed by atoms with Crippen LogP contribution < -0.4 is 0 Å². The van der Waals surface area contributed by atoms with E-state index < -0.39 is 0 Å². The molecule has 0 aliphatic heterocycles. The van der Waals surface area contributed by atoms with Crippen LogP contribution >= 0.6 is 11.8 Å². The lowest BCUT2D eigenvalue weighted by molar-refractivity contribution is -0.410. The van der Waals surface area contributed by atoms with Crippen molar-refractivity contribution >= 4 is 11.8 Å². The third-order valence-electron chi connectivity index (χ3n) is 2.30. The molecule has 0 fully saturated rings. The summed E-state index contributed by atoms with van der Waals surface area (Å²) in [6.07, 6.45) is 9.39. The van der Waals surface area contributed by atoms with Crippen molar-refractivity contribution in [2.75, 3.05) is 5.75 Å². The molecule has 0 unspecified atom stereocenters. The molecule has 0 aromatic heterocycles. The van der Waals surface area contributed by atoms with Gasteiger partial charge >= 0.3 is 0 Å². The zero-order valence-corrected chi connectivity index (χ0v) is 11.2. The summed E-state index contributed by atoms with van der Waals surface area (Å²) in [5, 5.41) is 11.1. The van der Waals surface area contributed by atoms with E-state index in [-0.39, 0.29) is 4.92 Å². The molecule has 0 saturated carbocycles. The molecule has 0 spiro atoms. The second-order valence-electron chi connectivity index (χ2n) is 3.85. The Bertz CT molecular complexity index is 217. The molecule has 0 aromatic carbocycles. The van der Waals surface area contributed by atoms with Gasteiger partial charge in [-0.3, -0.25) is 10.1 Å². The molecule has 0 aromatic rings. The predicted molar refractivity (Wildman–Crippen MR) is 71.2 cm³/mol. The van der Waals surface area contributed by atoms with E-state index in [1.807, 2.05) is 0 Å². The van der Waals surface area contributed by atoms with E-state index in [1.165, 1.54) is 11.8 Å². The Kier molecular flexibility index (Phi) is 10.6. The van der Waals surface area contributed by atoms with Gasteiger partial charge in [-0.15, -0.1) is 0 Å². The molecule has 16 heavy (non-hydrogen) atoms. The van der Waals surface area contributed by atoms with E-state index in [0.717, 1.165) is 50.7 Å². The van der Waals surface area contributed by atoms with Crippen molar-refractivity contribution in [1.29, 1.82) is 0 Å². The van der Waals surface area contributed by atoms with Crippen molar-refractivity contribution in [3.8, 4) is 0 Å². The molecular formula is C12H23NO2S. The fourth-order valence-corrected chi connectivity index (χ4v) is 2.23. The van der Waals surface area contributed by atoms with E-state index in [4.69, 9.17) is 0 Å². The summed E-state index contributed by atoms with van der Waals surface area (Å²) in [7, 11) is 0. The first-order chi connectivity index (χ1) is 7.72. The first-order valence-corrected chi connectivity index (χ1v) is 7.18. The van der Waals surface area contributed by atoms with Gasteiger partial charge in [0.15, 0.2) is 0 Å². The number of allylic oxidation sites excluding steroid dienone is 1. The van der Waals surface area contributed by atoms with Crippen LogP contribution in [0, 0.1) is 10.1 Å². The molecule has 3 nitrogen and oxygen atoms in total. The lowest BCUT2D eigenvalue weighted by Crippen LogP contribution is -1.96. The summed E-state index contributed by atoms with van der Waals surface area (Å²) in [4.78, 5) is 10.5. The summed E-state index contributed by atoms with van der Waals surface area (Å²) in [6.45, 7) is 4.28. The Balaban J connectivity index is 3.82. The van der Waals surface area contributed by atoms with Crippen LogP contribution in [0.15, 0.2) is 11.1 Å². The molecule has 4 heteroatoms. The van der Waals surface area contributed by atoms with Gasteiger partial charge in [0.05, 0.1) is 4.92 Å². The standard InChI is InChI=1S/C12H23NO2S/c1-3-5-7-8-10-12(13(14)15)16-11-9-6-4-2/h10H,3-9,11H2,1-2H3/b12-10+. The topological polar surface area (TPSA) is 43.1 Å². The second kappa shape index (κ2) is 11.0. The van der Waals surface area contributed by atoms with Crippen molar-refractivity contribution < 1.29 is 4.92 Å². The van der Waals surface area contributed by atoms with Gasteiger partial charge < -0.3 is 0 Å². The van der Waals surface area contributed by atoms with Gasteiger partial charge in [0.2, 0.25) is 0 Å². The van der Waals surface area contributed by atoms with Crippen LogP contribution in [-0.4, -0.2) is 10.7 Å². The molecule has 0 rings (SSSR count). The van der Waals surface area contributed by atoms with Crippen molar-refractivity contribution in [3.63, 3.8) is 0 Å². The number of hydrogen-bond acceptors (Lipinski definition) is 3. The fraction of sp³-hybridized carbons (Fsp3) is 0.833. The van der Waals surface area contributed by atoms with Crippen LogP contribution in [0.25, 0.3) is 0 Å². The summed E-state index contributed by atoms with van der Waals surface area (Å²) in [5.74, 6) is 0.869. The summed E-state index contributed by atoms with van der Waals surface area (Å²) >= 11 is 1.39. The quantitative estimate of drug-likeness (QED) is 0.321. The van der Waals surface area contributed by atoms with Crippen LogP contribution in [0.2, 0.25) is 0 Å². The molecule has 94 valence electrons. The summed E-state index contributed by atoms with van der Waals surface area (Å²) < 4.78 is 0. The van der Waals surface area contributed by atoms with E-state index in [9.17, 15) is 10.1 Å². The summed E-state index contributed by atoms with van der Waals surface area (Å²) in [5.41, 5.74) is 0. The molecule has 0 bridgehead atoms. The normalized spacial score (nSPS) is 11.8. The molecule has 0 amide bonds. The van der Waals surface area contributed by atoms with Gasteiger partial charge in [-0.1, -0.05) is 51.3 Å². The largest absolute Gasteiger partial charge is 0.299 e. The highest BCUT2D eigenvalue weighted by Crippen LogP contribution is 2.19. The lowest BCUT2D eigenvalue weighted by atomic mass is 10.2. The Hall–Kier alpha value is -0.510. The highest BCUT2D eigenvalue weighted by atomic mass is 32.2. The van der Waals surface area contributed by atoms with Gasteiger partial charge in [0.25, 0.3) is 5.03 Å². The highest BCUT2D eigenvalue weighted by Gasteiger charge is 2.09. The van der Waals surface area contributed by atoms with Crippen LogP contribution in [0.1, 0.15) is 58.8 Å². The average molecular weight is 245 g/mol. The maximum Gasteiger partial charge on any atom is 0.299 e. The van der Waals surface area contributed by atoms with E-state index in [1.54, 1.807) is 6.08 Å². The third-order valence-corrected chi connectivity index (χ3v) is 3.41. The highest BCUT2D eigenvalue weighted by molar-refractivity contribution is 8.02. The Labute approximate surface area is 103 Å². The molecule has 0 N–H and O–H groups in total. The predicted octanol–water partition coefficient (Wildman–Crippen LogP) is 4.61. The fourth-order valence-electron chi connectivity index (χ4n) is 1.33. The van der Waals surface area contributed by atoms with E-state index in [2.05, 4.69) is 13.8 Å². The Morgan fingerprint density at radius 1 is 1.19 bits per heavy atom. The molecule has 0 radical (unpaired) electrons. The van der Waals surface area contributed by atoms with Gasteiger partial charge in [-0.25, -0.2) is 0 Å². The molecule has 0 heterocycles. The number of nitrogens with zero attached hydrogens (tertiary/aromatic N) is 1. The maximum atomic E-state index is 10.7. The zero-order valence-electron chi connectivity index (χ0n) is 10.4. The Morgan fingerprint density at radius 3 is 2.38 bits per heavy atom. The average Bonchev–Trinajstić information content (AvgIpc) is 2.26. The SMILES string of the molecule is CCCCC/C=C(/SCCCCC)[N+](=O)[O-]. The molecule has 0 atom stereocenters. The monoisotopic (exact) mass is 245 g/mol. The Morgan fingerprint density at radius 2 is 1.81 bits per heavy atom. The number of rotatable bonds is 10. The van der Waals surface area contributed by atoms with Crippen molar-refractivity contribution in [3.05, 3.63) is 21.2 Å². The van der Waals surface area contributed by atoms with Crippen LogP contribution in [0.5, 0.6) is 0 Å². The summed E-state index contributed by atoms with van der Waals surface area (Å²) in [6, 6.07) is 0. The first-order valence-electron chi connectivity index (χ1n) is 6.19. The number of unbranched alkanes of at least 4 members (excludes halogenated alkanes) is 5. The second-order valence-corrected chi connectivity index (χ2v) is 4.97. The molecule has 0 saturated heterocycles. The lowest BCUT2D eigenvalue weighted by Gasteiger charge is -1.99. The van der Waals surface area contributed by atoms with Crippen molar-refractivity contribution in [2.45, 2.75) is 58.8 Å². The smallest absolute Gasteiger partial charge is 0.258 e. The van der Waals surface area contributed by atoms with Crippen molar-refractivity contribution in [1.82, 2.24) is 0 Å². The van der Waals surface area contributed by atoms with Crippen LogP contribution in [0.3, 0.4) is 0 Å². The van der Waals surface area contributed by atoms with Gasteiger partial charge in [-0.05, 0) is 19.3 Å². The number of thioether (sulfide) groups is 1. The van der Waals surface area contributed by atoms with Crippen molar-refractivity contribution in [2.24, 2.45) is 0 Å².